The highest BCUT2D eigenvalue weighted by molar-refractivity contribution is 5.66. The summed E-state index contributed by atoms with van der Waals surface area (Å²) in [7, 11) is 0. The number of nitrogens with zero attached hydrogens (tertiary/aromatic N) is 3. The van der Waals surface area contributed by atoms with Gasteiger partial charge in [-0.15, -0.1) is 10.2 Å². The van der Waals surface area contributed by atoms with Crippen LogP contribution in [0, 0.1) is 0 Å². The fourth-order valence-corrected chi connectivity index (χ4v) is 3.19. The highest BCUT2D eigenvalue weighted by Gasteiger charge is 2.18. The zero-order valence-corrected chi connectivity index (χ0v) is 15.9. The largest absolute Gasteiger partial charge is 0.275 e. The molecule has 4 rings (SSSR count). The lowest BCUT2D eigenvalue weighted by Crippen LogP contribution is -2.10. The monoisotopic (exact) mass is 353 g/mol. The lowest BCUT2D eigenvalue weighted by Gasteiger charge is -2.19. The molecule has 3 aromatic carbocycles. The molecule has 27 heavy (non-hydrogen) atoms. The summed E-state index contributed by atoms with van der Waals surface area (Å²) in [5.74, 6) is 1.69. The van der Waals surface area contributed by atoms with Crippen LogP contribution >= 0.6 is 0 Å². The van der Waals surface area contributed by atoms with Gasteiger partial charge in [-0.3, -0.25) is 4.57 Å². The van der Waals surface area contributed by atoms with E-state index in [1.807, 2.05) is 36.4 Å². The van der Waals surface area contributed by atoms with Crippen LogP contribution in [0.1, 0.15) is 26.3 Å². The van der Waals surface area contributed by atoms with Gasteiger partial charge in [0.1, 0.15) is 0 Å². The van der Waals surface area contributed by atoms with Crippen LogP contribution in [0.3, 0.4) is 0 Å². The molecule has 1 aromatic heterocycles. The second-order valence-electron chi connectivity index (χ2n) is 7.71. The van der Waals surface area contributed by atoms with E-state index in [1.165, 1.54) is 5.56 Å². The Kier molecular flexibility index (Phi) is 4.36. The Morgan fingerprint density at radius 1 is 0.593 bits per heavy atom. The molecule has 1 heterocycles. The van der Waals surface area contributed by atoms with E-state index in [1.54, 1.807) is 0 Å². The molecule has 0 saturated carbocycles. The third-order valence-corrected chi connectivity index (χ3v) is 4.72. The van der Waals surface area contributed by atoms with E-state index in [9.17, 15) is 0 Å². The minimum Gasteiger partial charge on any atom is -0.275 e. The number of hydrogen-bond acceptors (Lipinski definition) is 2. The molecular formula is C24H23N3. The van der Waals surface area contributed by atoms with Gasteiger partial charge in [0.15, 0.2) is 11.6 Å². The molecule has 0 aliphatic rings. The van der Waals surface area contributed by atoms with Crippen LogP contribution < -0.4 is 0 Å². The normalized spacial score (nSPS) is 11.5. The summed E-state index contributed by atoms with van der Waals surface area (Å²) in [6, 6.07) is 29.1. The molecule has 0 aliphatic heterocycles. The molecule has 0 aliphatic carbocycles. The van der Waals surface area contributed by atoms with Crippen molar-refractivity contribution in [3.63, 3.8) is 0 Å². The number of para-hydroxylation sites is 1. The first kappa shape index (κ1) is 17.2. The van der Waals surface area contributed by atoms with Crippen LogP contribution in [-0.2, 0) is 5.41 Å². The predicted molar refractivity (Wildman–Crippen MR) is 111 cm³/mol. The molecule has 0 saturated heterocycles. The van der Waals surface area contributed by atoms with Crippen LogP contribution in [0.5, 0.6) is 0 Å². The fourth-order valence-electron chi connectivity index (χ4n) is 3.19. The highest BCUT2D eigenvalue weighted by Crippen LogP contribution is 2.30. The van der Waals surface area contributed by atoms with Crippen molar-refractivity contribution in [2.75, 3.05) is 0 Å². The van der Waals surface area contributed by atoms with Crippen LogP contribution in [0.4, 0.5) is 0 Å². The zero-order chi connectivity index (χ0) is 18.9. The topological polar surface area (TPSA) is 30.7 Å². The Bertz CT molecular complexity index is 1020. The molecule has 3 heteroatoms. The maximum Gasteiger partial charge on any atom is 0.168 e. The van der Waals surface area contributed by atoms with Crippen LogP contribution in [0.15, 0.2) is 84.9 Å². The van der Waals surface area contributed by atoms with Gasteiger partial charge in [0, 0.05) is 16.8 Å². The molecule has 0 unspecified atom stereocenters. The second kappa shape index (κ2) is 6.84. The van der Waals surface area contributed by atoms with E-state index >= 15 is 0 Å². The quantitative estimate of drug-likeness (QED) is 0.459. The Balaban J connectivity index is 1.88. The van der Waals surface area contributed by atoms with Gasteiger partial charge < -0.3 is 0 Å². The van der Waals surface area contributed by atoms with E-state index < -0.39 is 0 Å². The van der Waals surface area contributed by atoms with E-state index in [4.69, 9.17) is 0 Å². The molecule has 134 valence electrons. The van der Waals surface area contributed by atoms with Crippen molar-refractivity contribution in [2.45, 2.75) is 26.2 Å². The van der Waals surface area contributed by atoms with Gasteiger partial charge in [-0.05, 0) is 23.1 Å². The van der Waals surface area contributed by atoms with Crippen molar-refractivity contribution in [3.05, 3.63) is 90.5 Å². The first-order valence-corrected chi connectivity index (χ1v) is 9.21. The Labute approximate surface area is 160 Å². The maximum absolute atomic E-state index is 4.54. The van der Waals surface area contributed by atoms with Crippen molar-refractivity contribution in [1.82, 2.24) is 14.8 Å². The van der Waals surface area contributed by atoms with Crippen LogP contribution in [0.2, 0.25) is 0 Å². The molecule has 0 amide bonds. The molecule has 0 atom stereocenters. The zero-order valence-electron chi connectivity index (χ0n) is 15.9. The minimum atomic E-state index is 0.126. The predicted octanol–water partition coefficient (Wildman–Crippen LogP) is 5.90. The average molecular weight is 353 g/mol. The van der Waals surface area contributed by atoms with Crippen molar-refractivity contribution < 1.29 is 0 Å². The first-order valence-electron chi connectivity index (χ1n) is 9.21. The summed E-state index contributed by atoms with van der Waals surface area (Å²) >= 11 is 0. The summed E-state index contributed by atoms with van der Waals surface area (Å²) in [5, 5.41) is 9.07. The molecule has 0 spiro atoms. The second-order valence-corrected chi connectivity index (χ2v) is 7.71. The van der Waals surface area contributed by atoms with E-state index in [-0.39, 0.29) is 5.41 Å². The van der Waals surface area contributed by atoms with Crippen molar-refractivity contribution in [2.24, 2.45) is 0 Å². The third-order valence-electron chi connectivity index (χ3n) is 4.72. The van der Waals surface area contributed by atoms with Gasteiger partial charge in [0.2, 0.25) is 0 Å². The smallest absolute Gasteiger partial charge is 0.168 e. The van der Waals surface area contributed by atoms with Crippen LogP contribution in [-0.4, -0.2) is 14.8 Å². The van der Waals surface area contributed by atoms with Gasteiger partial charge in [-0.2, -0.15) is 0 Å². The summed E-state index contributed by atoms with van der Waals surface area (Å²) in [6.07, 6.45) is 0. The first-order chi connectivity index (χ1) is 13.0. The SMILES string of the molecule is CC(C)(C)c1ccc(-c2nnc(-c3ccccc3)n2-c2ccccc2)cc1. The number of aromatic nitrogens is 3. The van der Waals surface area contributed by atoms with Gasteiger partial charge >= 0.3 is 0 Å². The van der Waals surface area contributed by atoms with E-state index in [0.717, 1.165) is 28.5 Å². The van der Waals surface area contributed by atoms with Gasteiger partial charge in [0.05, 0.1) is 0 Å². The van der Waals surface area contributed by atoms with Gasteiger partial charge in [0.25, 0.3) is 0 Å². The van der Waals surface area contributed by atoms with Crippen molar-refractivity contribution in [1.29, 1.82) is 0 Å². The summed E-state index contributed by atoms with van der Waals surface area (Å²) in [4.78, 5) is 0. The molecule has 0 fully saturated rings. The van der Waals surface area contributed by atoms with Gasteiger partial charge in [-0.1, -0.05) is 93.6 Å². The molecule has 3 nitrogen and oxygen atoms in total. The number of benzene rings is 3. The summed E-state index contributed by atoms with van der Waals surface area (Å²) < 4.78 is 2.13. The van der Waals surface area contributed by atoms with Crippen molar-refractivity contribution >= 4 is 0 Å². The molecule has 0 N–H and O–H groups in total. The van der Waals surface area contributed by atoms with E-state index in [2.05, 4.69) is 84.1 Å². The number of hydrogen-bond donors (Lipinski definition) is 0. The summed E-state index contributed by atoms with van der Waals surface area (Å²) in [6.45, 7) is 6.67. The molecular weight excluding hydrogens is 330 g/mol. The Morgan fingerprint density at radius 3 is 1.59 bits per heavy atom. The van der Waals surface area contributed by atoms with Gasteiger partial charge in [-0.25, -0.2) is 0 Å². The average Bonchev–Trinajstić information content (AvgIpc) is 3.14. The number of rotatable bonds is 3. The molecule has 0 radical (unpaired) electrons. The Morgan fingerprint density at radius 2 is 1.07 bits per heavy atom. The van der Waals surface area contributed by atoms with E-state index in [0.29, 0.717) is 0 Å². The van der Waals surface area contributed by atoms with Crippen molar-refractivity contribution in [3.8, 4) is 28.5 Å². The molecule has 4 aromatic rings. The minimum absolute atomic E-state index is 0.126. The molecule has 0 bridgehead atoms. The highest BCUT2D eigenvalue weighted by atomic mass is 15.3. The Hall–Kier alpha value is -3.20. The third kappa shape index (κ3) is 3.41. The fraction of sp³-hybridized carbons (Fsp3) is 0.167. The lowest BCUT2D eigenvalue weighted by molar-refractivity contribution is 0.590. The maximum atomic E-state index is 4.54. The summed E-state index contributed by atoms with van der Waals surface area (Å²) in [5.41, 5.74) is 4.59. The van der Waals surface area contributed by atoms with Crippen LogP contribution in [0.25, 0.3) is 28.5 Å². The standard InChI is InChI=1S/C24H23N3/c1-24(2,3)20-16-14-19(15-17-20)23-26-25-22(18-10-6-4-7-11-18)27(23)21-12-8-5-9-13-21/h4-17H,1-3H3. The lowest BCUT2D eigenvalue weighted by atomic mass is 9.86.